The minimum atomic E-state index is -3.32. The second kappa shape index (κ2) is 7.33. The van der Waals surface area contributed by atoms with Gasteiger partial charge in [-0.25, -0.2) is 8.42 Å². The molecule has 4 rings (SSSR count). The molecule has 1 atom stereocenters. The minimum absolute atomic E-state index is 0.275. The molecule has 1 fully saturated rings. The average Bonchev–Trinajstić information content (AvgIpc) is 3.06. The lowest BCUT2D eigenvalue weighted by Gasteiger charge is -2.35. The average molecular weight is 400 g/mol. The van der Waals surface area contributed by atoms with Crippen LogP contribution >= 0.6 is 0 Å². The zero-order chi connectivity index (χ0) is 19.9. The Hall–Kier alpha value is -2.19. The first kappa shape index (κ1) is 19.1. The SMILES string of the molecule is CN1CCN(C(O)c2[nH]c3ccc(S(C)(=O)=O)cc3c2-c2ccccc2)CC1. The number of aliphatic hydroxyl groups excluding tert-OH is 1. The fraction of sp³-hybridized carbons (Fsp3) is 0.333. The Kier molecular flexibility index (Phi) is 5.01. The van der Waals surface area contributed by atoms with Crippen molar-refractivity contribution in [2.24, 2.45) is 0 Å². The molecule has 6 nitrogen and oxygen atoms in total. The molecule has 1 aliphatic heterocycles. The van der Waals surface area contributed by atoms with Crippen LogP contribution in [0.25, 0.3) is 22.0 Å². The van der Waals surface area contributed by atoms with Crippen molar-refractivity contribution in [3.63, 3.8) is 0 Å². The Labute approximate surface area is 165 Å². The molecular weight excluding hydrogens is 374 g/mol. The van der Waals surface area contributed by atoms with Gasteiger partial charge in [-0.3, -0.25) is 4.90 Å². The van der Waals surface area contributed by atoms with Crippen LogP contribution in [-0.4, -0.2) is 67.8 Å². The van der Waals surface area contributed by atoms with Gasteiger partial charge in [0, 0.05) is 48.9 Å². The van der Waals surface area contributed by atoms with Gasteiger partial charge in [0.1, 0.15) is 6.23 Å². The Morgan fingerprint density at radius 2 is 1.71 bits per heavy atom. The molecule has 1 aliphatic rings. The maximum atomic E-state index is 12.1. The summed E-state index contributed by atoms with van der Waals surface area (Å²) in [5.41, 5.74) is 3.32. The van der Waals surface area contributed by atoms with Gasteiger partial charge >= 0.3 is 0 Å². The second-order valence-corrected chi connectivity index (χ2v) is 9.49. The first-order valence-corrected chi connectivity index (χ1v) is 11.3. The number of aliphatic hydroxyl groups is 1. The molecule has 2 N–H and O–H groups in total. The quantitative estimate of drug-likeness (QED) is 0.705. The number of nitrogens with one attached hydrogen (secondary N) is 1. The number of nitrogens with zero attached hydrogens (tertiary/aromatic N) is 2. The highest BCUT2D eigenvalue weighted by atomic mass is 32.2. The molecule has 2 aromatic carbocycles. The van der Waals surface area contributed by atoms with Crippen molar-refractivity contribution in [1.29, 1.82) is 0 Å². The number of hydrogen-bond donors (Lipinski definition) is 2. The van der Waals surface area contributed by atoms with Crippen molar-refractivity contribution in [2.45, 2.75) is 11.1 Å². The molecule has 1 aromatic heterocycles. The summed E-state index contributed by atoms with van der Waals surface area (Å²) in [4.78, 5) is 7.92. The first-order valence-electron chi connectivity index (χ1n) is 9.36. The fourth-order valence-electron chi connectivity index (χ4n) is 3.78. The Morgan fingerprint density at radius 1 is 1.04 bits per heavy atom. The van der Waals surface area contributed by atoms with Crippen LogP contribution in [0.5, 0.6) is 0 Å². The van der Waals surface area contributed by atoms with E-state index >= 15 is 0 Å². The number of fused-ring (bicyclic) bond motifs is 1. The molecule has 0 amide bonds. The number of piperazine rings is 1. The molecule has 2 heterocycles. The lowest BCUT2D eigenvalue weighted by atomic mass is 10.0. The summed E-state index contributed by atoms with van der Waals surface area (Å²) in [7, 11) is -1.25. The largest absolute Gasteiger partial charge is 0.372 e. The molecular formula is C21H25N3O3S. The number of aromatic nitrogens is 1. The highest BCUT2D eigenvalue weighted by Gasteiger charge is 2.27. The molecule has 1 unspecified atom stereocenters. The second-order valence-electron chi connectivity index (χ2n) is 7.47. The number of sulfone groups is 1. The maximum absolute atomic E-state index is 12.1. The smallest absolute Gasteiger partial charge is 0.175 e. The van der Waals surface area contributed by atoms with E-state index in [4.69, 9.17) is 0 Å². The van der Waals surface area contributed by atoms with Crippen molar-refractivity contribution >= 4 is 20.7 Å². The van der Waals surface area contributed by atoms with Gasteiger partial charge in [0.15, 0.2) is 9.84 Å². The van der Waals surface area contributed by atoms with Crippen molar-refractivity contribution in [3.8, 4) is 11.1 Å². The van der Waals surface area contributed by atoms with E-state index in [2.05, 4.69) is 21.8 Å². The van der Waals surface area contributed by atoms with Gasteiger partial charge in [0.25, 0.3) is 0 Å². The molecule has 0 bridgehead atoms. The third-order valence-electron chi connectivity index (χ3n) is 5.43. The molecule has 0 saturated carbocycles. The van der Waals surface area contributed by atoms with Gasteiger partial charge in [-0.15, -0.1) is 0 Å². The van der Waals surface area contributed by atoms with E-state index in [1.807, 2.05) is 30.3 Å². The van der Waals surface area contributed by atoms with Gasteiger partial charge in [0.05, 0.1) is 10.6 Å². The summed E-state index contributed by atoms with van der Waals surface area (Å²) in [6, 6.07) is 14.9. The normalized spacial score (nSPS) is 17.8. The number of hydrogen-bond acceptors (Lipinski definition) is 5. The van der Waals surface area contributed by atoms with E-state index < -0.39 is 16.1 Å². The molecule has 28 heavy (non-hydrogen) atoms. The number of likely N-dealkylation sites (N-methyl/N-ethyl adjacent to an activating group) is 1. The third kappa shape index (κ3) is 3.58. The predicted molar refractivity (Wildman–Crippen MR) is 111 cm³/mol. The van der Waals surface area contributed by atoms with E-state index in [0.717, 1.165) is 48.2 Å². The summed E-state index contributed by atoms with van der Waals surface area (Å²) < 4.78 is 24.1. The van der Waals surface area contributed by atoms with Crippen molar-refractivity contribution in [1.82, 2.24) is 14.8 Å². The highest BCUT2D eigenvalue weighted by Crippen LogP contribution is 2.37. The van der Waals surface area contributed by atoms with E-state index in [0.29, 0.717) is 5.69 Å². The van der Waals surface area contributed by atoms with Gasteiger partial charge < -0.3 is 15.0 Å². The number of rotatable bonds is 4. The zero-order valence-corrected chi connectivity index (χ0v) is 16.9. The predicted octanol–water partition coefficient (Wildman–Crippen LogP) is 2.48. The fourth-order valence-corrected chi connectivity index (χ4v) is 4.43. The molecule has 1 saturated heterocycles. The Balaban J connectivity index is 1.88. The van der Waals surface area contributed by atoms with Gasteiger partial charge in [-0.2, -0.15) is 0 Å². The first-order chi connectivity index (χ1) is 13.3. The van der Waals surface area contributed by atoms with E-state index in [1.54, 1.807) is 18.2 Å². The monoisotopic (exact) mass is 399 g/mol. The summed E-state index contributed by atoms with van der Waals surface area (Å²) in [5.74, 6) is 0. The summed E-state index contributed by atoms with van der Waals surface area (Å²) in [5, 5.41) is 12.0. The molecule has 0 radical (unpaired) electrons. The van der Waals surface area contributed by atoms with Crippen LogP contribution in [0.2, 0.25) is 0 Å². The lowest BCUT2D eigenvalue weighted by Crippen LogP contribution is -2.46. The van der Waals surface area contributed by atoms with Crippen LogP contribution in [0.15, 0.2) is 53.4 Å². The van der Waals surface area contributed by atoms with Crippen LogP contribution in [0.3, 0.4) is 0 Å². The topological polar surface area (TPSA) is 76.6 Å². The van der Waals surface area contributed by atoms with Crippen LogP contribution in [-0.2, 0) is 9.84 Å². The maximum Gasteiger partial charge on any atom is 0.175 e. The summed E-state index contributed by atoms with van der Waals surface area (Å²) >= 11 is 0. The van der Waals surface area contributed by atoms with E-state index in [-0.39, 0.29) is 4.90 Å². The minimum Gasteiger partial charge on any atom is -0.372 e. The highest BCUT2D eigenvalue weighted by molar-refractivity contribution is 7.90. The third-order valence-corrected chi connectivity index (χ3v) is 6.54. The standard InChI is InChI=1S/C21H25N3O3S/c1-23-10-12-24(13-11-23)21(25)20-19(15-6-4-3-5-7-15)17-14-16(28(2,26)27)8-9-18(17)22-20/h3-9,14,21-22,25H,10-13H2,1-2H3. The van der Waals surface area contributed by atoms with Gasteiger partial charge in [0.2, 0.25) is 0 Å². The molecule has 3 aromatic rings. The van der Waals surface area contributed by atoms with Crippen LogP contribution < -0.4 is 0 Å². The van der Waals surface area contributed by atoms with Crippen molar-refractivity contribution in [2.75, 3.05) is 39.5 Å². The van der Waals surface area contributed by atoms with Gasteiger partial charge in [-0.1, -0.05) is 30.3 Å². The number of benzene rings is 2. The zero-order valence-electron chi connectivity index (χ0n) is 16.1. The van der Waals surface area contributed by atoms with Crippen molar-refractivity contribution in [3.05, 3.63) is 54.2 Å². The Bertz CT molecular complexity index is 1080. The molecule has 7 heteroatoms. The van der Waals surface area contributed by atoms with Crippen LogP contribution in [0, 0.1) is 0 Å². The van der Waals surface area contributed by atoms with E-state index in [9.17, 15) is 13.5 Å². The molecule has 0 aliphatic carbocycles. The van der Waals surface area contributed by atoms with Crippen LogP contribution in [0.4, 0.5) is 0 Å². The van der Waals surface area contributed by atoms with Crippen molar-refractivity contribution < 1.29 is 13.5 Å². The lowest BCUT2D eigenvalue weighted by molar-refractivity contribution is -0.0251. The van der Waals surface area contributed by atoms with E-state index in [1.165, 1.54) is 6.26 Å². The molecule has 148 valence electrons. The summed E-state index contributed by atoms with van der Waals surface area (Å²) in [6.45, 7) is 3.35. The molecule has 0 spiro atoms. The number of H-pyrrole nitrogens is 1. The van der Waals surface area contributed by atoms with Crippen LogP contribution in [0.1, 0.15) is 11.9 Å². The summed E-state index contributed by atoms with van der Waals surface area (Å²) in [6.07, 6.45) is 0.432. The number of aromatic amines is 1. The van der Waals surface area contributed by atoms with Gasteiger partial charge in [-0.05, 0) is 30.8 Å². The Morgan fingerprint density at radius 3 is 2.36 bits per heavy atom.